The van der Waals surface area contributed by atoms with E-state index in [2.05, 4.69) is 22.2 Å². The number of para-hydroxylation sites is 1. The highest BCUT2D eigenvalue weighted by Gasteiger charge is 2.16. The molecule has 0 bridgehead atoms. The second-order valence-corrected chi connectivity index (χ2v) is 5.59. The Bertz CT molecular complexity index is 713. The summed E-state index contributed by atoms with van der Waals surface area (Å²) in [5, 5.41) is 5.77. The Morgan fingerprint density at radius 1 is 1.37 bits per heavy atom. The molecule has 0 spiro atoms. The van der Waals surface area contributed by atoms with E-state index in [4.69, 9.17) is 5.73 Å². The SMILES string of the molecule is Cc1ncsc1C(N)Cc1nn(C)c2ccccc12. The van der Waals surface area contributed by atoms with Gasteiger partial charge in [0.15, 0.2) is 0 Å². The van der Waals surface area contributed by atoms with Gasteiger partial charge in [0.2, 0.25) is 0 Å². The van der Waals surface area contributed by atoms with E-state index in [1.807, 2.05) is 36.3 Å². The first-order valence-corrected chi connectivity index (χ1v) is 7.11. The van der Waals surface area contributed by atoms with E-state index < -0.39 is 0 Å². The molecular formula is C14H16N4S. The summed E-state index contributed by atoms with van der Waals surface area (Å²) < 4.78 is 1.91. The maximum Gasteiger partial charge on any atom is 0.0798 e. The number of fused-ring (bicyclic) bond motifs is 1. The van der Waals surface area contributed by atoms with Crippen molar-refractivity contribution in [2.24, 2.45) is 12.8 Å². The quantitative estimate of drug-likeness (QED) is 0.797. The zero-order valence-corrected chi connectivity index (χ0v) is 11.8. The fourth-order valence-electron chi connectivity index (χ4n) is 2.41. The van der Waals surface area contributed by atoms with Gasteiger partial charge in [-0.3, -0.25) is 4.68 Å². The monoisotopic (exact) mass is 272 g/mol. The molecule has 1 aromatic carbocycles. The summed E-state index contributed by atoms with van der Waals surface area (Å²) in [6.07, 6.45) is 0.740. The lowest BCUT2D eigenvalue weighted by Gasteiger charge is -2.08. The van der Waals surface area contributed by atoms with Crippen molar-refractivity contribution in [1.82, 2.24) is 14.8 Å². The van der Waals surface area contributed by atoms with Gasteiger partial charge in [0.25, 0.3) is 0 Å². The molecule has 1 unspecified atom stereocenters. The standard InChI is InChI=1S/C14H16N4S/c1-9-14(19-8-16-9)11(15)7-12-10-5-3-4-6-13(10)18(2)17-12/h3-6,8,11H,7,15H2,1-2H3. The third-order valence-corrected chi connectivity index (χ3v) is 4.43. The van der Waals surface area contributed by atoms with Crippen LogP contribution in [0.3, 0.4) is 0 Å². The Labute approximate surface area is 115 Å². The normalized spacial score (nSPS) is 13.0. The van der Waals surface area contributed by atoms with Crippen LogP contribution in [0.1, 0.15) is 22.3 Å². The van der Waals surface area contributed by atoms with E-state index in [-0.39, 0.29) is 6.04 Å². The van der Waals surface area contributed by atoms with Gasteiger partial charge in [0, 0.05) is 29.8 Å². The summed E-state index contributed by atoms with van der Waals surface area (Å²) in [4.78, 5) is 5.41. The summed E-state index contributed by atoms with van der Waals surface area (Å²) in [6.45, 7) is 2.00. The molecule has 0 saturated heterocycles. The van der Waals surface area contributed by atoms with Crippen molar-refractivity contribution in [2.45, 2.75) is 19.4 Å². The summed E-state index contributed by atoms with van der Waals surface area (Å²) in [5.74, 6) is 0. The lowest BCUT2D eigenvalue weighted by molar-refractivity contribution is 0.687. The van der Waals surface area contributed by atoms with Crippen molar-refractivity contribution in [3.8, 4) is 0 Å². The zero-order chi connectivity index (χ0) is 13.4. The van der Waals surface area contributed by atoms with E-state index in [0.717, 1.165) is 28.2 Å². The Hall–Kier alpha value is -1.72. The van der Waals surface area contributed by atoms with Gasteiger partial charge in [-0.1, -0.05) is 18.2 Å². The van der Waals surface area contributed by atoms with Crippen LogP contribution in [-0.4, -0.2) is 14.8 Å². The van der Waals surface area contributed by atoms with Gasteiger partial charge >= 0.3 is 0 Å². The molecule has 0 aliphatic rings. The third kappa shape index (κ3) is 2.15. The lowest BCUT2D eigenvalue weighted by atomic mass is 10.1. The number of benzene rings is 1. The average molecular weight is 272 g/mol. The van der Waals surface area contributed by atoms with E-state index in [0.29, 0.717) is 0 Å². The lowest BCUT2D eigenvalue weighted by Crippen LogP contribution is -2.13. The van der Waals surface area contributed by atoms with E-state index in [9.17, 15) is 0 Å². The number of aryl methyl sites for hydroxylation is 2. The van der Waals surface area contributed by atoms with E-state index >= 15 is 0 Å². The first-order chi connectivity index (χ1) is 9.16. The molecule has 0 aliphatic carbocycles. The molecule has 3 aromatic rings. The highest BCUT2D eigenvalue weighted by molar-refractivity contribution is 7.09. The fraction of sp³-hybridized carbons (Fsp3) is 0.286. The van der Waals surface area contributed by atoms with E-state index in [1.54, 1.807) is 11.3 Å². The molecule has 19 heavy (non-hydrogen) atoms. The minimum absolute atomic E-state index is 0.0363. The van der Waals surface area contributed by atoms with Gasteiger partial charge in [0.05, 0.1) is 22.4 Å². The van der Waals surface area contributed by atoms with Crippen molar-refractivity contribution < 1.29 is 0 Å². The van der Waals surface area contributed by atoms with Crippen LogP contribution in [0.4, 0.5) is 0 Å². The molecule has 0 saturated carbocycles. The van der Waals surface area contributed by atoms with Gasteiger partial charge in [-0.15, -0.1) is 11.3 Å². The minimum Gasteiger partial charge on any atom is -0.323 e. The Balaban J connectivity index is 1.96. The molecule has 0 fully saturated rings. The smallest absolute Gasteiger partial charge is 0.0798 e. The number of nitrogens with zero attached hydrogens (tertiary/aromatic N) is 3. The van der Waals surface area contributed by atoms with Gasteiger partial charge in [-0.25, -0.2) is 4.98 Å². The summed E-state index contributed by atoms with van der Waals surface area (Å²) in [6, 6.07) is 8.21. The number of thiazole rings is 1. The van der Waals surface area contributed by atoms with Crippen LogP contribution in [0.15, 0.2) is 29.8 Å². The second-order valence-electron chi connectivity index (χ2n) is 4.70. The van der Waals surface area contributed by atoms with Crippen LogP contribution in [0.5, 0.6) is 0 Å². The van der Waals surface area contributed by atoms with Crippen molar-refractivity contribution in [3.05, 3.63) is 46.0 Å². The van der Waals surface area contributed by atoms with Crippen LogP contribution in [-0.2, 0) is 13.5 Å². The largest absolute Gasteiger partial charge is 0.323 e. The van der Waals surface area contributed by atoms with Gasteiger partial charge < -0.3 is 5.73 Å². The van der Waals surface area contributed by atoms with E-state index in [1.165, 1.54) is 5.39 Å². The molecule has 0 aliphatic heterocycles. The molecule has 2 heterocycles. The molecule has 2 N–H and O–H groups in total. The molecule has 0 amide bonds. The van der Waals surface area contributed by atoms with Crippen LogP contribution in [0, 0.1) is 6.92 Å². The number of nitrogens with two attached hydrogens (primary N) is 1. The number of aromatic nitrogens is 3. The Morgan fingerprint density at radius 2 is 2.16 bits per heavy atom. The average Bonchev–Trinajstić information content (AvgIpc) is 2.95. The molecule has 4 nitrogen and oxygen atoms in total. The Kier molecular flexibility index (Phi) is 3.08. The second kappa shape index (κ2) is 4.75. The highest BCUT2D eigenvalue weighted by atomic mass is 32.1. The predicted octanol–water partition coefficient (Wildman–Crippen LogP) is 2.58. The predicted molar refractivity (Wildman–Crippen MR) is 78.2 cm³/mol. The van der Waals surface area contributed by atoms with Crippen molar-refractivity contribution in [1.29, 1.82) is 0 Å². The maximum absolute atomic E-state index is 6.29. The molecule has 98 valence electrons. The summed E-state index contributed by atoms with van der Waals surface area (Å²) >= 11 is 1.62. The molecule has 1 atom stereocenters. The first-order valence-electron chi connectivity index (χ1n) is 6.23. The highest BCUT2D eigenvalue weighted by Crippen LogP contribution is 2.26. The van der Waals surface area contributed by atoms with Gasteiger partial charge in [-0.2, -0.15) is 5.10 Å². The number of hydrogen-bond donors (Lipinski definition) is 1. The van der Waals surface area contributed by atoms with Gasteiger partial charge in [0.1, 0.15) is 0 Å². The van der Waals surface area contributed by atoms with Gasteiger partial charge in [-0.05, 0) is 13.0 Å². The molecular weight excluding hydrogens is 256 g/mol. The van der Waals surface area contributed by atoms with Crippen LogP contribution >= 0.6 is 11.3 Å². The van der Waals surface area contributed by atoms with Crippen molar-refractivity contribution >= 4 is 22.2 Å². The summed E-state index contributed by atoms with van der Waals surface area (Å²) in [5.41, 5.74) is 11.4. The molecule has 5 heteroatoms. The number of hydrogen-bond acceptors (Lipinski definition) is 4. The summed E-state index contributed by atoms with van der Waals surface area (Å²) in [7, 11) is 1.97. The van der Waals surface area contributed by atoms with Crippen LogP contribution in [0.25, 0.3) is 10.9 Å². The third-order valence-electron chi connectivity index (χ3n) is 3.37. The number of rotatable bonds is 3. The maximum atomic E-state index is 6.29. The fourth-order valence-corrected chi connectivity index (χ4v) is 3.21. The van der Waals surface area contributed by atoms with Crippen molar-refractivity contribution in [2.75, 3.05) is 0 Å². The van der Waals surface area contributed by atoms with Crippen LogP contribution < -0.4 is 5.73 Å². The molecule has 3 rings (SSSR count). The van der Waals surface area contributed by atoms with Crippen molar-refractivity contribution in [3.63, 3.8) is 0 Å². The Morgan fingerprint density at radius 3 is 2.89 bits per heavy atom. The first kappa shape index (κ1) is 12.3. The topological polar surface area (TPSA) is 56.7 Å². The molecule has 0 radical (unpaired) electrons. The molecule has 2 aromatic heterocycles. The minimum atomic E-state index is -0.0363. The van der Waals surface area contributed by atoms with Crippen LogP contribution in [0.2, 0.25) is 0 Å². The zero-order valence-electron chi connectivity index (χ0n) is 11.0.